The average Bonchev–Trinajstić information content (AvgIpc) is 3.01. The topological polar surface area (TPSA) is 69.6 Å². The lowest BCUT2D eigenvalue weighted by Crippen LogP contribution is -2.01. The van der Waals surface area contributed by atoms with Crippen molar-refractivity contribution in [3.8, 4) is 11.4 Å². The van der Waals surface area contributed by atoms with Gasteiger partial charge in [0.1, 0.15) is 11.6 Å². The first-order valence-corrected chi connectivity index (χ1v) is 7.98. The average molecular weight is 354 g/mol. The van der Waals surface area contributed by atoms with E-state index in [2.05, 4.69) is 15.1 Å². The van der Waals surface area contributed by atoms with E-state index in [4.69, 9.17) is 17.3 Å². The predicted octanol–water partition coefficient (Wildman–Crippen LogP) is 3.92. The smallest absolute Gasteiger partial charge is 0.186 e. The van der Waals surface area contributed by atoms with Crippen LogP contribution in [0.4, 0.5) is 10.2 Å². The Morgan fingerprint density at radius 1 is 1.08 bits per heavy atom. The van der Waals surface area contributed by atoms with Gasteiger partial charge in [-0.1, -0.05) is 48.0 Å². The van der Waals surface area contributed by atoms with Gasteiger partial charge in [0, 0.05) is 16.8 Å². The van der Waals surface area contributed by atoms with Crippen molar-refractivity contribution in [2.24, 2.45) is 0 Å². The number of nitrogen functional groups attached to an aromatic ring is 1. The molecule has 0 fully saturated rings. The van der Waals surface area contributed by atoms with Crippen LogP contribution in [-0.2, 0) is 6.54 Å². The normalized spacial score (nSPS) is 11.1. The molecular weight excluding hydrogens is 341 g/mol. The van der Waals surface area contributed by atoms with Crippen LogP contribution in [0.1, 0.15) is 5.56 Å². The highest BCUT2D eigenvalue weighted by molar-refractivity contribution is 6.31. The molecule has 0 saturated carbocycles. The van der Waals surface area contributed by atoms with Crippen LogP contribution in [0.5, 0.6) is 0 Å². The molecule has 0 spiro atoms. The Labute approximate surface area is 147 Å². The van der Waals surface area contributed by atoms with Gasteiger partial charge in [-0.05, 0) is 17.7 Å². The summed E-state index contributed by atoms with van der Waals surface area (Å²) in [6.45, 7) is 0.385. The molecule has 7 heteroatoms. The molecule has 2 aromatic heterocycles. The number of nitrogens with zero attached hydrogens (tertiary/aromatic N) is 4. The molecular formula is C18H13ClFN5. The molecule has 2 heterocycles. The molecule has 0 amide bonds. The zero-order chi connectivity index (χ0) is 17.4. The summed E-state index contributed by atoms with van der Waals surface area (Å²) in [6.07, 6.45) is 1.76. The standard InChI is InChI=1S/C18H13ClFN5/c19-15-8-13(20)7-6-12(15)9-25-10-14-16(21)22-17(23-18(14)24-25)11-4-2-1-3-5-11/h1-8,10H,9H2,(H2,21,22,23,24). The molecule has 0 unspecified atom stereocenters. The summed E-state index contributed by atoms with van der Waals surface area (Å²) in [6, 6.07) is 13.9. The van der Waals surface area contributed by atoms with Crippen LogP contribution in [-0.4, -0.2) is 19.7 Å². The van der Waals surface area contributed by atoms with E-state index in [9.17, 15) is 4.39 Å². The van der Waals surface area contributed by atoms with Gasteiger partial charge in [0.25, 0.3) is 0 Å². The highest BCUT2D eigenvalue weighted by Crippen LogP contribution is 2.23. The molecule has 4 aromatic rings. The van der Waals surface area contributed by atoms with Gasteiger partial charge in [0.2, 0.25) is 0 Å². The SMILES string of the molecule is Nc1nc(-c2ccccc2)nc2nn(Cc3ccc(F)cc3Cl)cc12. The maximum atomic E-state index is 13.2. The van der Waals surface area contributed by atoms with E-state index in [0.717, 1.165) is 11.1 Å². The molecule has 0 atom stereocenters. The summed E-state index contributed by atoms with van der Waals surface area (Å²) in [5.41, 5.74) is 8.20. The Kier molecular flexibility index (Phi) is 3.82. The molecule has 4 rings (SSSR count). The number of hydrogen-bond acceptors (Lipinski definition) is 4. The predicted molar refractivity (Wildman–Crippen MR) is 95.7 cm³/mol. The summed E-state index contributed by atoms with van der Waals surface area (Å²) >= 11 is 6.08. The van der Waals surface area contributed by atoms with Crippen LogP contribution >= 0.6 is 11.6 Å². The number of aromatic nitrogens is 4. The van der Waals surface area contributed by atoms with Crippen LogP contribution in [0.3, 0.4) is 0 Å². The van der Waals surface area contributed by atoms with Crippen molar-refractivity contribution in [3.05, 3.63) is 71.1 Å². The first kappa shape index (κ1) is 15.5. The van der Waals surface area contributed by atoms with E-state index >= 15 is 0 Å². The van der Waals surface area contributed by atoms with Gasteiger partial charge in [0.05, 0.1) is 11.9 Å². The van der Waals surface area contributed by atoms with Crippen LogP contribution in [0.25, 0.3) is 22.4 Å². The van der Waals surface area contributed by atoms with Gasteiger partial charge in [-0.3, -0.25) is 4.68 Å². The van der Waals surface area contributed by atoms with Gasteiger partial charge in [0.15, 0.2) is 11.5 Å². The zero-order valence-electron chi connectivity index (χ0n) is 13.0. The number of hydrogen-bond donors (Lipinski definition) is 1. The minimum Gasteiger partial charge on any atom is -0.383 e. The fourth-order valence-corrected chi connectivity index (χ4v) is 2.82. The maximum absolute atomic E-state index is 13.2. The van der Waals surface area contributed by atoms with Crippen molar-refractivity contribution in [3.63, 3.8) is 0 Å². The first-order chi connectivity index (χ1) is 12.1. The molecule has 0 aliphatic rings. The second-order valence-electron chi connectivity index (χ2n) is 5.60. The van der Waals surface area contributed by atoms with E-state index in [-0.39, 0.29) is 5.82 Å². The molecule has 5 nitrogen and oxygen atoms in total. The lowest BCUT2D eigenvalue weighted by molar-refractivity contribution is 0.625. The largest absolute Gasteiger partial charge is 0.383 e. The van der Waals surface area contributed by atoms with Crippen LogP contribution < -0.4 is 5.73 Å². The summed E-state index contributed by atoms with van der Waals surface area (Å²) < 4.78 is 14.8. The third-order valence-electron chi connectivity index (χ3n) is 3.84. The van der Waals surface area contributed by atoms with E-state index in [1.165, 1.54) is 12.1 Å². The van der Waals surface area contributed by atoms with Crippen LogP contribution in [0.15, 0.2) is 54.7 Å². The van der Waals surface area contributed by atoms with Crippen molar-refractivity contribution in [2.75, 3.05) is 5.73 Å². The number of benzene rings is 2. The molecule has 0 aliphatic carbocycles. The van der Waals surface area contributed by atoms with Crippen molar-refractivity contribution in [1.82, 2.24) is 19.7 Å². The minimum atomic E-state index is -0.373. The number of halogens is 2. The van der Waals surface area contributed by atoms with E-state index in [1.54, 1.807) is 16.9 Å². The summed E-state index contributed by atoms with van der Waals surface area (Å²) in [5.74, 6) is 0.512. The van der Waals surface area contributed by atoms with Gasteiger partial charge < -0.3 is 5.73 Å². The second-order valence-corrected chi connectivity index (χ2v) is 6.01. The molecule has 0 bridgehead atoms. The quantitative estimate of drug-likeness (QED) is 0.606. The van der Waals surface area contributed by atoms with E-state index in [0.29, 0.717) is 34.2 Å². The highest BCUT2D eigenvalue weighted by Gasteiger charge is 2.12. The van der Waals surface area contributed by atoms with Gasteiger partial charge in [-0.25, -0.2) is 14.4 Å². The fraction of sp³-hybridized carbons (Fsp3) is 0.0556. The van der Waals surface area contributed by atoms with E-state index < -0.39 is 0 Å². The Morgan fingerprint density at radius 2 is 1.88 bits per heavy atom. The Morgan fingerprint density at radius 3 is 2.64 bits per heavy atom. The highest BCUT2D eigenvalue weighted by atomic mass is 35.5. The molecule has 0 saturated heterocycles. The van der Waals surface area contributed by atoms with Crippen molar-refractivity contribution in [1.29, 1.82) is 0 Å². The number of rotatable bonds is 3. The Hall–Kier alpha value is -2.99. The third-order valence-corrected chi connectivity index (χ3v) is 4.19. The lowest BCUT2D eigenvalue weighted by Gasteiger charge is -2.04. The molecule has 25 heavy (non-hydrogen) atoms. The van der Waals surface area contributed by atoms with Gasteiger partial charge in [-0.15, -0.1) is 0 Å². The Bertz CT molecular complexity index is 1060. The van der Waals surface area contributed by atoms with Gasteiger partial charge >= 0.3 is 0 Å². The number of fused-ring (bicyclic) bond motifs is 1. The molecule has 0 aliphatic heterocycles. The summed E-state index contributed by atoms with van der Waals surface area (Å²) in [4.78, 5) is 8.85. The summed E-state index contributed by atoms with van der Waals surface area (Å²) in [7, 11) is 0. The maximum Gasteiger partial charge on any atom is 0.186 e. The Balaban J connectivity index is 1.74. The summed E-state index contributed by atoms with van der Waals surface area (Å²) in [5, 5.41) is 5.47. The third kappa shape index (κ3) is 3.04. The monoisotopic (exact) mass is 353 g/mol. The lowest BCUT2D eigenvalue weighted by atomic mass is 10.2. The molecule has 0 radical (unpaired) electrons. The second kappa shape index (κ2) is 6.14. The van der Waals surface area contributed by atoms with Crippen LogP contribution in [0.2, 0.25) is 5.02 Å². The van der Waals surface area contributed by atoms with Gasteiger partial charge in [-0.2, -0.15) is 5.10 Å². The fourth-order valence-electron chi connectivity index (χ4n) is 2.60. The first-order valence-electron chi connectivity index (χ1n) is 7.60. The van der Waals surface area contributed by atoms with E-state index in [1.807, 2.05) is 30.3 Å². The van der Waals surface area contributed by atoms with Crippen molar-refractivity contribution < 1.29 is 4.39 Å². The van der Waals surface area contributed by atoms with Crippen molar-refractivity contribution >= 4 is 28.5 Å². The minimum absolute atomic E-state index is 0.351. The number of nitrogens with two attached hydrogens (primary N) is 1. The van der Waals surface area contributed by atoms with Crippen LogP contribution in [0, 0.1) is 5.82 Å². The molecule has 124 valence electrons. The number of anilines is 1. The van der Waals surface area contributed by atoms with Crippen molar-refractivity contribution in [2.45, 2.75) is 6.54 Å². The molecule has 2 aromatic carbocycles. The zero-order valence-corrected chi connectivity index (χ0v) is 13.8. The molecule has 2 N–H and O–H groups in total.